The number of pyridine rings is 1. The maximum Gasteiger partial charge on any atom is 0.307 e. The molecule has 0 radical (unpaired) electrons. The third kappa shape index (κ3) is 5.44. The van der Waals surface area contributed by atoms with Gasteiger partial charge in [0.15, 0.2) is 0 Å². The minimum absolute atomic E-state index is 0.354. The molecule has 1 aliphatic rings. The van der Waals surface area contributed by atoms with Crippen LogP contribution in [0.4, 0.5) is 0 Å². The Balaban J connectivity index is 1.90. The van der Waals surface area contributed by atoms with Gasteiger partial charge in [-0.25, -0.2) is 0 Å². The number of carboxylic acids is 1. The van der Waals surface area contributed by atoms with E-state index < -0.39 is 5.97 Å². The Hall–Kier alpha value is -1.46. The van der Waals surface area contributed by atoms with Crippen molar-refractivity contribution in [1.29, 1.82) is 0 Å². The normalized spacial score (nSPS) is 17.2. The molecule has 2 rings (SSSR count). The topological polar surface area (TPSA) is 56.7 Å². The fraction of sp³-hybridized carbons (Fsp3) is 0.625. The molecule has 116 valence electrons. The van der Waals surface area contributed by atoms with Crippen LogP contribution in [-0.2, 0) is 11.3 Å². The summed E-state index contributed by atoms with van der Waals surface area (Å²) in [6.45, 7) is 7.31. The van der Waals surface area contributed by atoms with Crippen LogP contribution in [-0.4, -0.2) is 58.6 Å². The van der Waals surface area contributed by atoms with Crippen molar-refractivity contribution < 1.29 is 9.90 Å². The SMILES string of the molecule is CC(CN(CCN1CCCC1)Cc1ccccn1)C(=O)O. The largest absolute Gasteiger partial charge is 0.481 e. The lowest BCUT2D eigenvalue weighted by Crippen LogP contribution is -2.37. The lowest BCUT2D eigenvalue weighted by Gasteiger charge is -2.26. The van der Waals surface area contributed by atoms with Crippen LogP contribution in [0.1, 0.15) is 25.5 Å². The van der Waals surface area contributed by atoms with E-state index in [1.165, 1.54) is 25.9 Å². The fourth-order valence-electron chi connectivity index (χ4n) is 2.71. The number of carboxylic acid groups (broad SMARTS) is 1. The highest BCUT2D eigenvalue weighted by molar-refractivity contribution is 5.69. The van der Waals surface area contributed by atoms with Gasteiger partial charge in [0.1, 0.15) is 0 Å². The first-order valence-corrected chi connectivity index (χ1v) is 7.72. The molecular formula is C16H25N3O2. The molecular weight excluding hydrogens is 266 g/mol. The second kappa shape index (κ2) is 8.10. The summed E-state index contributed by atoms with van der Waals surface area (Å²) < 4.78 is 0. The quantitative estimate of drug-likeness (QED) is 0.790. The van der Waals surface area contributed by atoms with Gasteiger partial charge in [0.25, 0.3) is 0 Å². The van der Waals surface area contributed by atoms with Gasteiger partial charge < -0.3 is 10.0 Å². The molecule has 1 fully saturated rings. The Morgan fingerprint density at radius 1 is 1.43 bits per heavy atom. The highest BCUT2D eigenvalue weighted by Crippen LogP contribution is 2.10. The smallest absolute Gasteiger partial charge is 0.307 e. The summed E-state index contributed by atoms with van der Waals surface area (Å²) in [5, 5.41) is 9.12. The van der Waals surface area contributed by atoms with Gasteiger partial charge in [-0.1, -0.05) is 13.0 Å². The van der Waals surface area contributed by atoms with Crippen molar-refractivity contribution >= 4 is 5.97 Å². The lowest BCUT2D eigenvalue weighted by molar-refractivity contribution is -0.141. The molecule has 5 nitrogen and oxygen atoms in total. The molecule has 1 atom stereocenters. The van der Waals surface area contributed by atoms with Gasteiger partial charge in [-0.15, -0.1) is 0 Å². The van der Waals surface area contributed by atoms with Gasteiger partial charge in [0, 0.05) is 32.4 Å². The van der Waals surface area contributed by atoms with Crippen LogP contribution in [0.2, 0.25) is 0 Å². The summed E-state index contributed by atoms with van der Waals surface area (Å²) >= 11 is 0. The summed E-state index contributed by atoms with van der Waals surface area (Å²) in [5.74, 6) is -1.09. The third-order valence-electron chi connectivity index (χ3n) is 4.00. The molecule has 21 heavy (non-hydrogen) atoms. The maximum atomic E-state index is 11.1. The number of rotatable bonds is 8. The van der Waals surface area contributed by atoms with Crippen molar-refractivity contribution in [2.45, 2.75) is 26.3 Å². The molecule has 1 aromatic rings. The monoisotopic (exact) mass is 291 g/mol. The molecule has 0 aliphatic carbocycles. The van der Waals surface area contributed by atoms with Gasteiger partial charge in [0.2, 0.25) is 0 Å². The zero-order chi connectivity index (χ0) is 15.1. The highest BCUT2D eigenvalue weighted by atomic mass is 16.4. The predicted octanol–water partition coefficient (Wildman–Crippen LogP) is 1.70. The van der Waals surface area contributed by atoms with E-state index in [1.807, 2.05) is 18.2 Å². The molecule has 0 aromatic carbocycles. The minimum Gasteiger partial charge on any atom is -0.481 e. The van der Waals surface area contributed by atoms with Crippen LogP contribution in [0.15, 0.2) is 24.4 Å². The van der Waals surface area contributed by atoms with Crippen molar-refractivity contribution in [3.8, 4) is 0 Å². The first-order chi connectivity index (χ1) is 10.1. The Morgan fingerprint density at radius 3 is 2.81 bits per heavy atom. The van der Waals surface area contributed by atoms with Gasteiger partial charge in [0.05, 0.1) is 11.6 Å². The lowest BCUT2D eigenvalue weighted by atomic mass is 10.1. The van der Waals surface area contributed by atoms with E-state index >= 15 is 0 Å². The standard InChI is InChI=1S/C16H25N3O2/c1-14(16(20)21)12-19(11-10-18-8-4-5-9-18)13-15-6-2-3-7-17-15/h2-3,6-7,14H,4-5,8-13H2,1H3,(H,20,21). The van der Waals surface area contributed by atoms with E-state index in [0.717, 1.165) is 18.8 Å². The molecule has 5 heteroatoms. The average molecular weight is 291 g/mol. The van der Waals surface area contributed by atoms with E-state index in [2.05, 4.69) is 14.8 Å². The van der Waals surface area contributed by atoms with Gasteiger partial charge in [-0.2, -0.15) is 0 Å². The molecule has 1 aromatic heterocycles. The maximum absolute atomic E-state index is 11.1. The first-order valence-electron chi connectivity index (χ1n) is 7.72. The van der Waals surface area contributed by atoms with Crippen LogP contribution in [0.5, 0.6) is 0 Å². The van der Waals surface area contributed by atoms with Crippen LogP contribution in [0, 0.1) is 5.92 Å². The Morgan fingerprint density at radius 2 is 2.19 bits per heavy atom. The van der Waals surface area contributed by atoms with E-state index in [1.54, 1.807) is 13.1 Å². The molecule has 1 N–H and O–H groups in total. The second-order valence-corrected chi connectivity index (χ2v) is 5.84. The molecule has 1 saturated heterocycles. The first kappa shape index (κ1) is 15.9. The molecule has 2 heterocycles. The fourth-order valence-corrected chi connectivity index (χ4v) is 2.71. The zero-order valence-electron chi connectivity index (χ0n) is 12.7. The van der Waals surface area contributed by atoms with E-state index in [9.17, 15) is 4.79 Å². The van der Waals surface area contributed by atoms with Crippen LogP contribution in [0.25, 0.3) is 0 Å². The van der Waals surface area contributed by atoms with Crippen LogP contribution >= 0.6 is 0 Å². The number of nitrogens with zero attached hydrogens (tertiary/aromatic N) is 3. The molecule has 1 aliphatic heterocycles. The van der Waals surface area contributed by atoms with Crippen LogP contribution in [0.3, 0.4) is 0 Å². The summed E-state index contributed by atoms with van der Waals surface area (Å²) in [5.41, 5.74) is 0.997. The van der Waals surface area contributed by atoms with Crippen molar-refractivity contribution in [1.82, 2.24) is 14.8 Å². The second-order valence-electron chi connectivity index (χ2n) is 5.84. The van der Waals surface area contributed by atoms with Crippen LogP contribution < -0.4 is 0 Å². The van der Waals surface area contributed by atoms with Gasteiger partial charge in [-0.3, -0.25) is 14.7 Å². The zero-order valence-corrected chi connectivity index (χ0v) is 12.7. The summed E-state index contributed by atoms with van der Waals surface area (Å²) in [4.78, 5) is 20.1. The number of likely N-dealkylation sites (tertiary alicyclic amines) is 1. The highest BCUT2D eigenvalue weighted by Gasteiger charge is 2.18. The Bertz CT molecular complexity index is 432. The molecule has 1 unspecified atom stereocenters. The number of aliphatic carboxylic acids is 1. The van der Waals surface area contributed by atoms with Crippen molar-refractivity contribution in [3.05, 3.63) is 30.1 Å². The number of hydrogen-bond donors (Lipinski definition) is 1. The Labute approximate surface area is 126 Å². The summed E-state index contributed by atoms with van der Waals surface area (Å²) in [6, 6.07) is 5.87. The molecule has 0 amide bonds. The van der Waals surface area contributed by atoms with Crippen molar-refractivity contribution in [2.24, 2.45) is 5.92 Å². The summed E-state index contributed by atoms with van der Waals surface area (Å²) in [7, 11) is 0. The molecule has 0 spiro atoms. The number of carbonyl (C=O) groups is 1. The van der Waals surface area contributed by atoms with Crippen molar-refractivity contribution in [2.75, 3.05) is 32.7 Å². The Kier molecular flexibility index (Phi) is 6.14. The molecule has 0 bridgehead atoms. The van der Waals surface area contributed by atoms with E-state index in [0.29, 0.717) is 13.1 Å². The van der Waals surface area contributed by atoms with Gasteiger partial charge in [-0.05, 0) is 38.1 Å². The minimum atomic E-state index is -0.734. The van der Waals surface area contributed by atoms with E-state index in [4.69, 9.17) is 5.11 Å². The molecule has 0 saturated carbocycles. The van der Waals surface area contributed by atoms with E-state index in [-0.39, 0.29) is 5.92 Å². The third-order valence-corrected chi connectivity index (χ3v) is 4.00. The average Bonchev–Trinajstić information content (AvgIpc) is 2.99. The van der Waals surface area contributed by atoms with Crippen molar-refractivity contribution in [3.63, 3.8) is 0 Å². The van der Waals surface area contributed by atoms with Gasteiger partial charge >= 0.3 is 5.97 Å². The summed E-state index contributed by atoms with van der Waals surface area (Å²) in [6.07, 6.45) is 4.35. The number of hydrogen-bond acceptors (Lipinski definition) is 4. The predicted molar refractivity (Wildman–Crippen MR) is 82.0 cm³/mol. The number of aromatic nitrogens is 1.